The molecular formula is C9H19N. The van der Waals surface area contributed by atoms with Gasteiger partial charge in [-0.05, 0) is 18.8 Å². The average Bonchev–Trinajstić information content (AvgIpc) is 1.99. The number of allylic oxidation sites excluding steroid dienone is 1. The van der Waals surface area contributed by atoms with Gasteiger partial charge < -0.3 is 5.32 Å². The largest absolute Gasteiger partial charge is 0.392 e. The Balaban J connectivity index is 3.68. The Morgan fingerprint density at radius 1 is 1.50 bits per heavy atom. The number of rotatable bonds is 5. The van der Waals surface area contributed by atoms with Gasteiger partial charge in [0.2, 0.25) is 0 Å². The summed E-state index contributed by atoms with van der Waals surface area (Å²) >= 11 is 0. The lowest BCUT2D eigenvalue weighted by molar-refractivity contribution is 0.511. The summed E-state index contributed by atoms with van der Waals surface area (Å²) in [4.78, 5) is 0. The highest BCUT2D eigenvalue weighted by Crippen LogP contribution is 2.16. The van der Waals surface area contributed by atoms with Crippen LogP contribution in [0.1, 0.15) is 33.1 Å². The van der Waals surface area contributed by atoms with Crippen LogP contribution in [-0.4, -0.2) is 7.05 Å². The second-order valence-corrected chi connectivity index (χ2v) is 2.67. The fourth-order valence-corrected chi connectivity index (χ4v) is 1.18. The highest BCUT2D eigenvalue weighted by molar-refractivity contribution is 4.95. The van der Waals surface area contributed by atoms with Crippen molar-refractivity contribution < 1.29 is 0 Å². The number of nitrogens with one attached hydrogen (secondary N) is 1. The molecule has 0 heterocycles. The Morgan fingerprint density at radius 2 is 2.10 bits per heavy atom. The van der Waals surface area contributed by atoms with Crippen molar-refractivity contribution in [3.63, 3.8) is 0 Å². The van der Waals surface area contributed by atoms with Crippen LogP contribution < -0.4 is 5.32 Å². The van der Waals surface area contributed by atoms with Crippen LogP contribution in [0, 0.1) is 5.92 Å². The summed E-state index contributed by atoms with van der Waals surface area (Å²) in [6, 6.07) is 0. The quantitative estimate of drug-likeness (QED) is 0.620. The van der Waals surface area contributed by atoms with E-state index in [1.54, 1.807) is 0 Å². The van der Waals surface area contributed by atoms with E-state index in [4.69, 9.17) is 0 Å². The minimum Gasteiger partial charge on any atom is -0.392 e. The van der Waals surface area contributed by atoms with Gasteiger partial charge in [0.25, 0.3) is 0 Å². The Bertz CT molecular complexity index is 96.9. The van der Waals surface area contributed by atoms with Crippen molar-refractivity contribution in [3.05, 3.63) is 12.3 Å². The monoisotopic (exact) mass is 141 g/mol. The predicted octanol–water partition coefficient (Wildman–Crippen LogP) is 2.55. The number of hydrogen-bond donors (Lipinski definition) is 1. The molecule has 1 heteroatoms. The van der Waals surface area contributed by atoms with E-state index >= 15 is 0 Å². The maximum atomic E-state index is 3.95. The maximum Gasteiger partial charge on any atom is 0.00624 e. The summed E-state index contributed by atoms with van der Waals surface area (Å²) in [6.07, 6.45) is 3.71. The molecule has 0 spiro atoms. The molecule has 1 N–H and O–H groups in total. The van der Waals surface area contributed by atoms with Gasteiger partial charge in [-0.2, -0.15) is 0 Å². The SMILES string of the molecule is C=C(NC)C(CC)CCC. The maximum absolute atomic E-state index is 3.95. The predicted molar refractivity (Wildman–Crippen MR) is 46.9 cm³/mol. The third kappa shape index (κ3) is 2.90. The third-order valence-corrected chi connectivity index (χ3v) is 1.94. The van der Waals surface area contributed by atoms with E-state index in [0.29, 0.717) is 5.92 Å². The van der Waals surface area contributed by atoms with Crippen LogP contribution in [0.3, 0.4) is 0 Å². The molecule has 1 atom stereocenters. The van der Waals surface area contributed by atoms with Gasteiger partial charge in [-0.25, -0.2) is 0 Å². The molecule has 0 aromatic heterocycles. The zero-order valence-corrected chi connectivity index (χ0v) is 7.41. The smallest absolute Gasteiger partial charge is 0.00624 e. The molecular weight excluding hydrogens is 122 g/mol. The van der Waals surface area contributed by atoms with Crippen molar-refractivity contribution in [2.45, 2.75) is 33.1 Å². The van der Waals surface area contributed by atoms with Gasteiger partial charge in [-0.15, -0.1) is 0 Å². The molecule has 0 aromatic rings. The van der Waals surface area contributed by atoms with Crippen LogP contribution in [-0.2, 0) is 0 Å². The van der Waals surface area contributed by atoms with Gasteiger partial charge in [-0.1, -0.05) is 26.8 Å². The average molecular weight is 141 g/mol. The Morgan fingerprint density at radius 3 is 2.40 bits per heavy atom. The van der Waals surface area contributed by atoms with Crippen molar-refractivity contribution in [1.29, 1.82) is 0 Å². The summed E-state index contributed by atoms with van der Waals surface area (Å²) in [5.41, 5.74) is 1.18. The second-order valence-electron chi connectivity index (χ2n) is 2.67. The van der Waals surface area contributed by atoms with Gasteiger partial charge in [0, 0.05) is 12.7 Å². The second kappa shape index (κ2) is 5.33. The lowest BCUT2D eigenvalue weighted by Crippen LogP contribution is -2.14. The van der Waals surface area contributed by atoms with Crippen LogP contribution in [0.25, 0.3) is 0 Å². The molecule has 0 aliphatic rings. The first kappa shape index (κ1) is 9.54. The van der Waals surface area contributed by atoms with Crippen LogP contribution in [0.15, 0.2) is 12.3 Å². The molecule has 0 amide bonds. The topological polar surface area (TPSA) is 12.0 Å². The van der Waals surface area contributed by atoms with Crippen molar-refractivity contribution in [3.8, 4) is 0 Å². The number of hydrogen-bond acceptors (Lipinski definition) is 1. The molecule has 0 radical (unpaired) electrons. The normalized spacial score (nSPS) is 12.7. The summed E-state index contributed by atoms with van der Waals surface area (Å²) in [5, 5.41) is 3.11. The van der Waals surface area contributed by atoms with E-state index in [1.165, 1.54) is 25.0 Å². The zero-order chi connectivity index (χ0) is 7.98. The lowest BCUT2D eigenvalue weighted by Gasteiger charge is -2.15. The van der Waals surface area contributed by atoms with Gasteiger partial charge >= 0.3 is 0 Å². The zero-order valence-electron chi connectivity index (χ0n) is 7.41. The van der Waals surface area contributed by atoms with Crippen LogP contribution in [0.4, 0.5) is 0 Å². The van der Waals surface area contributed by atoms with Crippen molar-refractivity contribution in [2.24, 2.45) is 5.92 Å². The molecule has 0 aliphatic carbocycles. The fraction of sp³-hybridized carbons (Fsp3) is 0.778. The van der Waals surface area contributed by atoms with Gasteiger partial charge in [-0.3, -0.25) is 0 Å². The minimum absolute atomic E-state index is 0.676. The third-order valence-electron chi connectivity index (χ3n) is 1.94. The van der Waals surface area contributed by atoms with Crippen LogP contribution in [0.2, 0.25) is 0 Å². The Labute approximate surface area is 64.5 Å². The van der Waals surface area contributed by atoms with Crippen LogP contribution >= 0.6 is 0 Å². The van der Waals surface area contributed by atoms with Crippen molar-refractivity contribution in [1.82, 2.24) is 5.32 Å². The molecule has 0 rings (SSSR count). The molecule has 1 unspecified atom stereocenters. The first-order chi connectivity index (χ1) is 4.76. The van der Waals surface area contributed by atoms with Gasteiger partial charge in [0.1, 0.15) is 0 Å². The molecule has 1 nitrogen and oxygen atoms in total. The molecule has 0 aliphatic heterocycles. The Kier molecular flexibility index (Phi) is 5.09. The van der Waals surface area contributed by atoms with Crippen molar-refractivity contribution >= 4 is 0 Å². The lowest BCUT2D eigenvalue weighted by atomic mass is 9.98. The summed E-state index contributed by atoms with van der Waals surface area (Å²) in [7, 11) is 1.95. The summed E-state index contributed by atoms with van der Waals surface area (Å²) in [5.74, 6) is 0.676. The molecule has 10 heavy (non-hydrogen) atoms. The van der Waals surface area contributed by atoms with E-state index in [9.17, 15) is 0 Å². The van der Waals surface area contributed by atoms with Crippen LogP contribution in [0.5, 0.6) is 0 Å². The molecule has 0 fully saturated rings. The van der Waals surface area contributed by atoms with E-state index in [1.807, 2.05) is 7.05 Å². The van der Waals surface area contributed by atoms with E-state index in [0.717, 1.165) is 0 Å². The highest BCUT2D eigenvalue weighted by Gasteiger charge is 2.06. The first-order valence-corrected chi connectivity index (χ1v) is 4.12. The molecule has 0 saturated heterocycles. The van der Waals surface area contributed by atoms with E-state index < -0.39 is 0 Å². The molecule has 60 valence electrons. The minimum atomic E-state index is 0.676. The first-order valence-electron chi connectivity index (χ1n) is 4.12. The van der Waals surface area contributed by atoms with Gasteiger partial charge in [0.15, 0.2) is 0 Å². The summed E-state index contributed by atoms with van der Waals surface area (Å²) in [6.45, 7) is 8.38. The van der Waals surface area contributed by atoms with E-state index in [2.05, 4.69) is 25.7 Å². The molecule has 0 saturated carbocycles. The standard InChI is InChI=1S/C9H19N/c1-5-7-9(6-2)8(3)10-4/h9-10H,3,5-7H2,1-2,4H3. The highest BCUT2D eigenvalue weighted by atomic mass is 14.8. The van der Waals surface area contributed by atoms with Crippen molar-refractivity contribution in [2.75, 3.05) is 7.05 Å². The summed E-state index contributed by atoms with van der Waals surface area (Å²) < 4.78 is 0. The fourth-order valence-electron chi connectivity index (χ4n) is 1.18. The molecule has 0 bridgehead atoms. The molecule has 0 aromatic carbocycles. The Hall–Kier alpha value is -0.460. The van der Waals surface area contributed by atoms with Gasteiger partial charge in [0.05, 0.1) is 0 Å². The van der Waals surface area contributed by atoms with E-state index in [-0.39, 0.29) is 0 Å².